The number of anilines is 1. The summed E-state index contributed by atoms with van der Waals surface area (Å²) >= 11 is 1.58. The van der Waals surface area contributed by atoms with Crippen LogP contribution < -0.4 is 19.1 Å². The number of nitrogens with zero attached hydrogens (tertiary/aromatic N) is 1. The molecule has 4 nitrogen and oxygen atoms in total. The molecule has 0 aliphatic carbocycles. The lowest BCUT2D eigenvalue weighted by molar-refractivity contribution is -0.137. The summed E-state index contributed by atoms with van der Waals surface area (Å²) in [5, 5.41) is -0.111. The maximum atomic E-state index is 13.3. The number of benzene rings is 3. The van der Waals surface area contributed by atoms with Gasteiger partial charge in [-0.1, -0.05) is 24.3 Å². The first-order chi connectivity index (χ1) is 15.9. The highest BCUT2D eigenvalue weighted by molar-refractivity contribution is 7.99. The maximum Gasteiger partial charge on any atom is 0.416 e. The van der Waals surface area contributed by atoms with Crippen LogP contribution >= 0.6 is 11.8 Å². The lowest BCUT2D eigenvalue weighted by Gasteiger charge is -2.25. The lowest BCUT2D eigenvalue weighted by atomic mass is 10.0. The van der Waals surface area contributed by atoms with Crippen molar-refractivity contribution in [2.75, 3.05) is 25.3 Å². The van der Waals surface area contributed by atoms with Crippen LogP contribution in [-0.2, 0) is 12.7 Å². The third-order valence-corrected chi connectivity index (χ3v) is 7.21. The van der Waals surface area contributed by atoms with Gasteiger partial charge in [-0.2, -0.15) is 13.2 Å². The van der Waals surface area contributed by atoms with E-state index < -0.39 is 11.7 Å². The molecule has 2 aliphatic rings. The van der Waals surface area contributed by atoms with E-state index in [1.165, 1.54) is 12.1 Å². The smallest absolute Gasteiger partial charge is 0.416 e. The van der Waals surface area contributed by atoms with Crippen molar-refractivity contribution >= 4 is 17.4 Å². The molecular weight excluding hydrogens is 451 g/mol. The topological polar surface area (TPSA) is 30.9 Å². The summed E-state index contributed by atoms with van der Waals surface area (Å²) in [5.74, 6) is 2.18. The molecule has 3 aromatic carbocycles. The molecule has 33 heavy (non-hydrogen) atoms. The SMILES string of the molecule is COc1ccc2c(c1)SC(c1cccc(C(F)(F)F)c1)CCN2Cc1ccc2c(c1)OCO2. The number of methoxy groups -OCH3 is 1. The lowest BCUT2D eigenvalue weighted by Crippen LogP contribution is -2.24. The highest BCUT2D eigenvalue weighted by atomic mass is 32.2. The summed E-state index contributed by atoms with van der Waals surface area (Å²) in [6.45, 7) is 1.56. The van der Waals surface area contributed by atoms with Gasteiger partial charge < -0.3 is 19.1 Å². The van der Waals surface area contributed by atoms with E-state index in [9.17, 15) is 13.2 Å². The third kappa shape index (κ3) is 4.57. The summed E-state index contributed by atoms with van der Waals surface area (Å²) < 4.78 is 56.2. The Kier molecular flexibility index (Phi) is 5.78. The normalized spacial score (nSPS) is 17.5. The van der Waals surface area contributed by atoms with Gasteiger partial charge in [0.2, 0.25) is 6.79 Å². The predicted molar refractivity (Wildman–Crippen MR) is 121 cm³/mol. The summed E-state index contributed by atoms with van der Waals surface area (Å²) in [4.78, 5) is 3.24. The van der Waals surface area contributed by atoms with Crippen LogP contribution in [0.2, 0.25) is 0 Å². The van der Waals surface area contributed by atoms with Crippen LogP contribution in [0.4, 0.5) is 18.9 Å². The van der Waals surface area contributed by atoms with Crippen molar-refractivity contribution in [3.8, 4) is 17.2 Å². The fourth-order valence-corrected chi connectivity index (χ4v) is 5.47. The molecule has 0 N–H and O–H groups in total. The molecule has 0 amide bonds. The van der Waals surface area contributed by atoms with Gasteiger partial charge in [0.15, 0.2) is 11.5 Å². The molecular formula is C25H22F3NO3S. The molecule has 3 aromatic rings. The standard InChI is InChI=1S/C25H22F3NO3S/c1-30-19-6-7-20-24(13-19)33-23(17-3-2-4-18(12-17)25(26,27)28)9-10-29(20)14-16-5-8-21-22(11-16)32-15-31-21/h2-8,11-13,23H,9-10,14-15H2,1H3. The van der Waals surface area contributed by atoms with Crippen molar-refractivity contribution < 1.29 is 27.4 Å². The van der Waals surface area contributed by atoms with Crippen molar-refractivity contribution in [1.82, 2.24) is 0 Å². The van der Waals surface area contributed by atoms with Crippen LogP contribution in [0.3, 0.4) is 0 Å². The van der Waals surface area contributed by atoms with E-state index in [2.05, 4.69) is 4.90 Å². The second-order valence-corrected chi connectivity index (χ2v) is 9.21. The van der Waals surface area contributed by atoms with Gasteiger partial charge in [0.25, 0.3) is 0 Å². The highest BCUT2D eigenvalue weighted by Crippen LogP contribution is 2.47. The van der Waals surface area contributed by atoms with E-state index in [-0.39, 0.29) is 12.0 Å². The Labute approximate surface area is 194 Å². The van der Waals surface area contributed by atoms with Gasteiger partial charge in [-0.3, -0.25) is 0 Å². The van der Waals surface area contributed by atoms with Gasteiger partial charge in [0.1, 0.15) is 5.75 Å². The van der Waals surface area contributed by atoms with Crippen molar-refractivity contribution in [2.45, 2.75) is 29.3 Å². The predicted octanol–water partition coefficient (Wildman–Crippen LogP) is 6.69. The minimum Gasteiger partial charge on any atom is -0.497 e. The molecule has 5 rings (SSSR count). The first-order valence-corrected chi connectivity index (χ1v) is 11.4. The zero-order chi connectivity index (χ0) is 23.0. The number of fused-ring (bicyclic) bond motifs is 2. The van der Waals surface area contributed by atoms with Gasteiger partial charge >= 0.3 is 6.18 Å². The van der Waals surface area contributed by atoms with E-state index >= 15 is 0 Å². The minimum absolute atomic E-state index is 0.111. The maximum absolute atomic E-state index is 13.3. The Balaban J connectivity index is 1.46. The quantitative estimate of drug-likeness (QED) is 0.422. The van der Waals surface area contributed by atoms with Crippen molar-refractivity contribution in [1.29, 1.82) is 0 Å². The summed E-state index contributed by atoms with van der Waals surface area (Å²) in [7, 11) is 1.61. The molecule has 1 unspecified atom stereocenters. The first kappa shape index (κ1) is 21.8. The van der Waals surface area contributed by atoms with Gasteiger partial charge in [-0.15, -0.1) is 11.8 Å². The van der Waals surface area contributed by atoms with Crippen LogP contribution in [0.15, 0.2) is 65.6 Å². The zero-order valence-electron chi connectivity index (χ0n) is 17.9. The van der Waals surface area contributed by atoms with Gasteiger partial charge in [0, 0.05) is 23.2 Å². The van der Waals surface area contributed by atoms with E-state index in [1.54, 1.807) is 24.9 Å². The Morgan fingerprint density at radius 2 is 1.88 bits per heavy atom. The van der Waals surface area contributed by atoms with Gasteiger partial charge in [-0.25, -0.2) is 0 Å². The summed E-state index contributed by atoms with van der Waals surface area (Å²) in [5.41, 5.74) is 2.16. The van der Waals surface area contributed by atoms with Crippen LogP contribution in [0.1, 0.15) is 28.4 Å². The molecule has 2 heterocycles. The Morgan fingerprint density at radius 3 is 2.70 bits per heavy atom. The zero-order valence-corrected chi connectivity index (χ0v) is 18.7. The molecule has 1 atom stereocenters. The van der Waals surface area contributed by atoms with Crippen molar-refractivity contribution in [3.05, 3.63) is 77.4 Å². The average molecular weight is 474 g/mol. The number of rotatable bonds is 4. The minimum atomic E-state index is -4.36. The number of ether oxygens (including phenoxy) is 3. The van der Waals surface area contributed by atoms with Gasteiger partial charge in [0.05, 0.1) is 18.4 Å². The molecule has 0 aromatic heterocycles. The Morgan fingerprint density at radius 1 is 1.03 bits per heavy atom. The molecule has 0 fully saturated rings. The van der Waals surface area contributed by atoms with Crippen molar-refractivity contribution in [2.24, 2.45) is 0 Å². The second kappa shape index (κ2) is 8.74. The number of thioether (sulfide) groups is 1. The molecule has 0 radical (unpaired) electrons. The third-order valence-electron chi connectivity index (χ3n) is 5.83. The van der Waals surface area contributed by atoms with E-state index in [4.69, 9.17) is 14.2 Å². The fraction of sp³-hybridized carbons (Fsp3) is 0.280. The second-order valence-electron chi connectivity index (χ2n) is 7.96. The molecule has 8 heteroatoms. The molecule has 172 valence electrons. The molecule has 0 spiro atoms. The highest BCUT2D eigenvalue weighted by Gasteiger charge is 2.32. The van der Waals surface area contributed by atoms with E-state index in [0.29, 0.717) is 30.8 Å². The van der Waals surface area contributed by atoms with Crippen LogP contribution in [0, 0.1) is 0 Å². The number of halogens is 3. The number of hydrogen-bond acceptors (Lipinski definition) is 5. The largest absolute Gasteiger partial charge is 0.497 e. The first-order valence-electron chi connectivity index (χ1n) is 10.6. The van der Waals surface area contributed by atoms with Crippen molar-refractivity contribution in [3.63, 3.8) is 0 Å². The number of alkyl halides is 3. The van der Waals surface area contributed by atoms with E-state index in [0.717, 1.165) is 33.7 Å². The molecule has 0 bridgehead atoms. The Bertz CT molecular complexity index is 1170. The summed E-state index contributed by atoms with van der Waals surface area (Å²) in [6, 6.07) is 17.4. The van der Waals surface area contributed by atoms with Gasteiger partial charge in [-0.05, 0) is 53.9 Å². The van der Waals surface area contributed by atoms with Crippen LogP contribution in [0.25, 0.3) is 0 Å². The number of hydrogen-bond donors (Lipinski definition) is 0. The average Bonchev–Trinajstić information content (AvgIpc) is 3.20. The Hall–Kier alpha value is -3.00. The van der Waals surface area contributed by atoms with E-state index in [1.807, 2.05) is 36.4 Å². The molecule has 2 aliphatic heterocycles. The molecule has 0 saturated carbocycles. The van der Waals surface area contributed by atoms with Crippen LogP contribution in [-0.4, -0.2) is 20.4 Å². The monoisotopic (exact) mass is 473 g/mol. The fourth-order valence-electron chi connectivity index (χ4n) is 4.16. The summed E-state index contributed by atoms with van der Waals surface area (Å²) in [6.07, 6.45) is -3.66. The molecule has 0 saturated heterocycles. The van der Waals surface area contributed by atoms with Crippen LogP contribution in [0.5, 0.6) is 17.2 Å².